The summed E-state index contributed by atoms with van der Waals surface area (Å²) in [5.74, 6) is 0.875. The number of rotatable bonds is 2. The fraction of sp³-hybridized carbons (Fsp3) is 0.588. The quantitative estimate of drug-likeness (QED) is 0.875. The summed E-state index contributed by atoms with van der Waals surface area (Å²) in [5, 5.41) is 12.6. The average Bonchev–Trinajstić information content (AvgIpc) is 3.12. The highest BCUT2D eigenvalue weighted by Crippen LogP contribution is 2.47. The molecule has 1 saturated heterocycles. The van der Waals surface area contributed by atoms with Gasteiger partial charge in [0.2, 0.25) is 0 Å². The van der Waals surface area contributed by atoms with Crippen molar-refractivity contribution in [1.82, 2.24) is 5.32 Å². The molecule has 3 aliphatic rings. The molecule has 0 amide bonds. The number of carboxylic acids is 1. The molecule has 0 saturated carbocycles. The second-order valence-electron chi connectivity index (χ2n) is 6.75. The SMILES string of the molecule is CC1Cc2c(cc3c(c2C2CC(C(=O)O)CN2)OC(C)C3)O1. The van der Waals surface area contributed by atoms with Crippen molar-refractivity contribution >= 4 is 5.97 Å². The zero-order valence-corrected chi connectivity index (χ0v) is 12.9. The van der Waals surface area contributed by atoms with Crippen LogP contribution >= 0.6 is 0 Å². The minimum atomic E-state index is -0.724. The molecule has 0 aliphatic carbocycles. The molecular formula is C17H21NO4. The molecule has 3 aliphatic heterocycles. The lowest BCUT2D eigenvalue weighted by molar-refractivity contribution is -0.141. The maximum absolute atomic E-state index is 11.3. The minimum absolute atomic E-state index is 0.0454. The molecule has 0 bridgehead atoms. The van der Waals surface area contributed by atoms with Crippen LogP contribution in [-0.2, 0) is 17.6 Å². The van der Waals surface area contributed by atoms with E-state index in [1.807, 2.05) is 0 Å². The lowest BCUT2D eigenvalue weighted by atomic mass is 9.91. The van der Waals surface area contributed by atoms with Crippen molar-refractivity contribution in [2.24, 2.45) is 5.92 Å². The van der Waals surface area contributed by atoms with Crippen LogP contribution in [0, 0.1) is 5.92 Å². The van der Waals surface area contributed by atoms with Gasteiger partial charge in [-0.2, -0.15) is 0 Å². The summed E-state index contributed by atoms with van der Waals surface area (Å²) in [7, 11) is 0. The summed E-state index contributed by atoms with van der Waals surface area (Å²) in [6.07, 6.45) is 2.72. The number of benzene rings is 1. The molecule has 0 radical (unpaired) electrons. The maximum Gasteiger partial charge on any atom is 0.307 e. The van der Waals surface area contributed by atoms with Crippen LogP contribution in [0.3, 0.4) is 0 Å². The van der Waals surface area contributed by atoms with E-state index in [1.54, 1.807) is 0 Å². The third-order valence-corrected chi connectivity index (χ3v) is 4.94. The first-order valence-electron chi connectivity index (χ1n) is 8.01. The zero-order chi connectivity index (χ0) is 15.4. The first kappa shape index (κ1) is 13.9. The fourth-order valence-corrected chi connectivity index (χ4v) is 3.97. The van der Waals surface area contributed by atoms with Crippen LogP contribution in [0.25, 0.3) is 0 Å². The Morgan fingerprint density at radius 2 is 2.05 bits per heavy atom. The minimum Gasteiger partial charge on any atom is -0.490 e. The summed E-state index contributed by atoms with van der Waals surface area (Å²) in [5.41, 5.74) is 3.53. The second-order valence-corrected chi connectivity index (χ2v) is 6.75. The molecule has 1 aromatic rings. The third-order valence-electron chi connectivity index (χ3n) is 4.94. The molecule has 5 nitrogen and oxygen atoms in total. The van der Waals surface area contributed by atoms with Crippen molar-refractivity contribution in [3.8, 4) is 11.5 Å². The van der Waals surface area contributed by atoms with E-state index in [9.17, 15) is 9.90 Å². The summed E-state index contributed by atoms with van der Waals surface area (Å²) in [4.78, 5) is 11.3. The molecule has 4 atom stereocenters. The van der Waals surface area contributed by atoms with E-state index < -0.39 is 5.97 Å². The van der Waals surface area contributed by atoms with Gasteiger partial charge >= 0.3 is 5.97 Å². The Labute approximate surface area is 129 Å². The largest absolute Gasteiger partial charge is 0.490 e. The van der Waals surface area contributed by atoms with Crippen LogP contribution in [0.1, 0.15) is 43.0 Å². The first-order chi connectivity index (χ1) is 10.5. The Hall–Kier alpha value is -1.75. The van der Waals surface area contributed by atoms with Crippen molar-refractivity contribution in [2.75, 3.05) is 6.54 Å². The molecule has 4 unspecified atom stereocenters. The summed E-state index contributed by atoms with van der Waals surface area (Å²) in [6.45, 7) is 4.66. The average molecular weight is 303 g/mol. The van der Waals surface area contributed by atoms with Gasteiger partial charge in [-0.05, 0) is 26.3 Å². The molecule has 118 valence electrons. The molecule has 1 aromatic carbocycles. The number of carboxylic acid groups (broad SMARTS) is 1. The van der Waals surface area contributed by atoms with Gasteiger partial charge < -0.3 is 19.9 Å². The molecule has 5 heteroatoms. The lowest BCUT2D eigenvalue weighted by Gasteiger charge is -2.19. The van der Waals surface area contributed by atoms with E-state index in [4.69, 9.17) is 9.47 Å². The summed E-state index contributed by atoms with van der Waals surface area (Å²) >= 11 is 0. The highest BCUT2D eigenvalue weighted by atomic mass is 16.5. The Bertz CT molecular complexity index is 606. The van der Waals surface area contributed by atoms with Gasteiger partial charge in [0, 0.05) is 42.1 Å². The Kier molecular flexibility index (Phi) is 3.08. The second kappa shape index (κ2) is 4.88. The van der Waals surface area contributed by atoms with Crippen molar-refractivity contribution in [3.05, 3.63) is 22.8 Å². The van der Waals surface area contributed by atoms with Gasteiger partial charge in [-0.15, -0.1) is 0 Å². The van der Waals surface area contributed by atoms with Crippen molar-refractivity contribution in [2.45, 2.75) is 51.4 Å². The molecule has 22 heavy (non-hydrogen) atoms. The van der Waals surface area contributed by atoms with Crippen LogP contribution < -0.4 is 14.8 Å². The number of fused-ring (bicyclic) bond motifs is 2. The zero-order valence-electron chi connectivity index (χ0n) is 12.9. The molecule has 0 aromatic heterocycles. The number of aliphatic carboxylic acids is 1. The molecule has 2 N–H and O–H groups in total. The van der Waals surface area contributed by atoms with Crippen molar-refractivity contribution in [1.29, 1.82) is 0 Å². The Morgan fingerprint density at radius 3 is 2.77 bits per heavy atom. The van der Waals surface area contributed by atoms with E-state index >= 15 is 0 Å². The van der Waals surface area contributed by atoms with E-state index in [0.29, 0.717) is 13.0 Å². The monoisotopic (exact) mass is 303 g/mol. The topological polar surface area (TPSA) is 67.8 Å². The predicted octanol–water partition coefficient (Wildman–Crippen LogP) is 2.07. The van der Waals surface area contributed by atoms with E-state index in [1.165, 1.54) is 11.1 Å². The van der Waals surface area contributed by atoms with Gasteiger partial charge in [0.15, 0.2) is 0 Å². The van der Waals surface area contributed by atoms with Gasteiger partial charge in [0.1, 0.15) is 23.7 Å². The first-order valence-corrected chi connectivity index (χ1v) is 8.01. The van der Waals surface area contributed by atoms with Crippen LogP contribution in [0.5, 0.6) is 11.5 Å². The highest BCUT2D eigenvalue weighted by molar-refractivity contribution is 5.71. The predicted molar refractivity (Wildman–Crippen MR) is 80.5 cm³/mol. The number of hydrogen-bond donors (Lipinski definition) is 2. The fourth-order valence-electron chi connectivity index (χ4n) is 3.97. The maximum atomic E-state index is 11.3. The van der Waals surface area contributed by atoms with Crippen molar-refractivity contribution in [3.63, 3.8) is 0 Å². The van der Waals surface area contributed by atoms with Gasteiger partial charge in [-0.1, -0.05) is 0 Å². The molecule has 0 spiro atoms. The lowest BCUT2D eigenvalue weighted by Crippen LogP contribution is -2.18. The molecule has 4 rings (SSSR count). The van der Waals surface area contributed by atoms with Crippen LogP contribution in [0.2, 0.25) is 0 Å². The van der Waals surface area contributed by atoms with Crippen LogP contribution in [-0.4, -0.2) is 29.8 Å². The van der Waals surface area contributed by atoms with Gasteiger partial charge in [0.05, 0.1) is 5.92 Å². The van der Waals surface area contributed by atoms with Crippen LogP contribution in [0.15, 0.2) is 6.07 Å². The highest BCUT2D eigenvalue weighted by Gasteiger charge is 2.38. The standard InChI is InChI=1S/C17H21NO4/c1-8-3-10-6-14-12(4-9(2)21-14)15(16(10)22-8)13-5-11(7-18-13)17(19)20/h6,8-9,11,13,18H,3-5,7H2,1-2H3,(H,19,20). The summed E-state index contributed by atoms with van der Waals surface area (Å²) < 4.78 is 12.0. The number of hydrogen-bond acceptors (Lipinski definition) is 4. The van der Waals surface area contributed by atoms with Gasteiger partial charge in [-0.3, -0.25) is 4.79 Å². The third kappa shape index (κ3) is 2.07. The molecule has 3 heterocycles. The van der Waals surface area contributed by atoms with E-state index in [-0.39, 0.29) is 24.2 Å². The van der Waals surface area contributed by atoms with Crippen LogP contribution in [0.4, 0.5) is 0 Å². The van der Waals surface area contributed by atoms with E-state index in [0.717, 1.165) is 29.9 Å². The summed E-state index contributed by atoms with van der Waals surface area (Å²) in [6, 6.07) is 2.16. The molecular weight excluding hydrogens is 282 g/mol. The van der Waals surface area contributed by atoms with Gasteiger partial charge in [-0.25, -0.2) is 0 Å². The number of carbonyl (C=O) groups is 1. The normalized spacial score (nSPS) is 32.3. The van der Waals surface area contributed by atoms with Gasteiger partial charge in [0.25, 0.3) is 0 Å². The number of ether oxygens (including phenoxy) is 2. The Morgan fingerprint density at radius 1 is 1.27 bits per heavy atom. The smallest absolute Gasteiger partial charge is 0.307 e. The number of nitrogens with one attached hydrogen (secondary N) is 1. The molecule has 1 fully saturated rings. The van der Waals surface area contributed by atoms with Crippen molar-refractivity contribution < 1.29 is 19.4 Å². The van der Waals surface area contributed by atoms with E-state index in [2.05, 4.69) is 25.2 Å². The Balaban J connectivity index is 1.77.